The fourth-order valence-corrected chi connectivity index (χ4v) is 0. The first kappa shape index (κ1) is 183. The van der Waals surface area contributed by atoms with Crippen molar-refractivity contribution in [1.29, 1.82) is 0 Å². The summed E-state index contributed by atoms with van der Waals surface area (Å²) in [6.45, 7) is 0. The molecule has 50 valence electrons. The van der Waals surface area contributed by atoms with Gasteiger partial charge < -0.3 is 27.4 Å². The van der Waals surface area contributed by atoms with Crippen LogP contribution in [0, 0.1) is 0 Å². The second-order valence-electron chi connectivity index (χ2n) is 0. The molecule has 0 amide bonds. The van der Waals surface area contributed by atoms with Crippen molar-refractivity contribution >= 4 is 0 Å². The monoisotopic (exact) mass is 596 g/mol. The van der Waals surface area contributed by atoms with Gasteiger partial charge in [-0.25, -0.2) is 0 Å². The molecule has 2 radical (unpaired) electrons. The molecule has 0 unspecified atom stereocenters. The smallest absolute Gasteiger partial charge is 2.00 e. The molecule has 9 heavy (non-hydrogen) atoms. The Balaban J connectivity index is 0. The van der Waals surface area contributed by atoms with Crippen LogP contribution < -0.4 is 0 Å². The van der Waals surface area contributed by atoms with E-state index in [-0.39, 0.29) is 117 Å². The van der Waals surface area contributed by atoms with Crippen LogP contribution >= 0.6 is 0 Å². The van der Waals surface area contributed by atoms with Crippen LogP contribution in [-0.4, -0.2) is 0 Å². The molecular formula is Fe2Hg2O5. The third-order valence-electron chi connectivity index (χ3n) is 0. The van der Waals surface area contributed by atoms with Gasteiger partial charge in [-0.3, -0.25) is 0 Å². The van der Waals surface area contributed by atoms with Crippen molar-refractivity contribution in [3.8, 4) is 0 Å². The van der Waals surface area contributed by atoms with Gasteiger partial charge in [-0.2, -0.15) is 0 Å². The molecule has 0 heterocycles. The summed E-state index contributed by atoms with van der Waals surface area (Å²) in [7, 11) is 0. The normalized spacial score (nSPS) is 0. The predicted octanol–water partition coefficient (Wildman–Crippen LogP) is -0.604. The second kappa shape index (κ2) is 138. The van der Waals surface area contributed by atoms with E-state index >= 15 is 0 Å². The Morgan fingerprint density at radius 1 is 0.333 bits per heavy atom. The molecule has 0 atom stereocenters. The Kier molecular flexibility index (Phi) is 2800. The molecule has 0 N–H and O–H groups in total. The topological polar surface area (TPSA) is 142 Å². The molecule has 0 spiro atoms. The number of hydrogen-bond acceptors (Lipinski definition) is 0. The Hall–Kier alpha value is 2.71. The van der Waals surface area contributed by atoms with Crippen LogP contribution in [0.2, 0.25) is 0 Å². The van der Waals surface area contributed by atoms with Crippen LogP contribution in [0.1, 0.15) is 0 Å². The van der Waals surface area contributed by atoms with Crippen LogP contribution in [0.3, 0.4) is 0 Å². The first-order valence-electron chi connectivity index (χ1n) is 0. The largest absolute Gasteiger partial charge is 3.00 e. The van der Waals surface area contributed by atoms with Gasteiger partial charge in [0.1, 0.15) is 0 Å². The summed E-state index contributed by atoms with van der Waals surface area (Å²) in [6, 6.07) is 0. The Morgan fingerprint density at radius 3 is 0.333 bits per heavy atom. The molecule has 0 saturated heterocycles. The third-order valence-corrected chi connectivity index (χ3v) is 0. The molecule has 0 aromatic heterocycles. The average Bonchev–Trinajstić information content (AvgIpc) is 0. The van der Waals surface area contributed by atoms with Gasteiger partial charge in [0, 0.05) is 0 Å². The molecule has 0 aromatic rings. The fourth-order valence-electron chi connectivity index (χ4n) is 0. The van der Waals surface area contributed by atoms with Crippen molar-refractivity contribution in [2.75, 3.05) is 0 Å². The first-order chi connectivity index (χ1) is 0. The van der Waals surface area contributed by atoms with E-state index in [9.17, 15) is 0 Å². The maximum atomic E-state index is 0. The van der Waals surface area contributed by atoms with E-state index in [2.05, 4.69) is 0 Å². The van der Waals surface area contributed by atoms with Gasteiger partial charge in [0.05, 0.1) is 0 Å². The average molecular weight is 593 g/mol. The zero-order valence-electron chi connectivity index (χ0n) is 4.16. The van der Waals surface area contributed by atoms with Crippen LogP contribution in [0.5, 0.6) is 0 Å². The van der Waals surface area contributed by atoms with E-state index in [4.69, 9.17) is 0 Å². The zero-order valence-corrected chi connectivity index (χ0v) is 17.4. The standard InChI is InChI=1S/2Fe.2Hg.5O/q2*+3;2*+2;5*-2. The molecule has 0 aliphatic heterocycles. The Labute approximate surface area is 115 Å². The van der Waals surface area contributed by atoms with E-state index in [1.165, 1.54) is 0 Å². The first-order valence-corrected chi connectivity index (χ1v) is 0. The molecule has 0 bridgehead atoms. The molecule has 0 aliphatic carbocycles. The van der Waals surface area contributed by atoms with Gasteiger partial charge in [0.15, 0.2) is 0 Å². The van der Waals surface area contributed by atoms with E-state index in [1.54, 1.807) is 0 Å². The fraction of sp³-hybridized carbons (Fsp3) is 0. The van der Waals surface area contributed by atoms with Gasteiger partial charge in [-0.1, -0.05) is 0 Å². The maximum Gasteiger partial charge on any atom is 3.00 e. The zero-order chi connectivity index (χ0) is 0. The predicted molar refractivity (Wildman–Crippen MR) is 3.43 cm³/mol. The summed E-state index contributed by atoms with van der Waals surface area (Å²) < 4.78 is 0. The molecular weight excluding hydrogens is 593 g/mol. The summed E-state index contributed by atoms with van der Waals surface area (Å²) in [6.07, 6.45) is 0. The van der Waals surface area contributed by atoms with E-state index in [0.29, 0.717) is 0 Å². The molecule has 0 aromatic carbocycles. The molecule has 0 saturated carbocycles. The number of hydrogen-bond donors (Lipinski definition) is 0. The molecule has 0 fully saturated rings. The van der Waals surface area contributed by atoms with Gasteiger partial charge in [-0.15, -0.1) is 0 Å². The minimum absolute atomic E-state index is 0. The van der Waals surface area contributed by atoms with Crippen molar-refractivity contribution in [2.45, 2.75) is 0 Å². The second-order valence-corrected chi connectivity index (χ2v) is 0. The maximum absolute atomic E-state index is 0. The van der Waals surface area contributed by atoms with Crippen LogP contribution in [0.15, 0.2) is 0 Å². The molecule has 0 aliphatic rings. The Bertz CT molecular complexity index is 12.9. The van der Waals surface area contributed by atoms with Gasteiger partial charge in [0.25, 0.3) is 0 Å². The quantitative estimate of drug-likeness (QED) is 0.331. The summed E-state index contributed by atoms with van der Waals surface area (Å²) >= 11 is 0. The van der Waals surface area contributed by atoms with E-state index < -0.39 is 0 Å². The van der Waals surface area contributed by atoms with Crippen LogP contribution in [-0.2, 0) is 117 Å². The van der Waals surface area contributed by atoms with Gasteiger partial charge in [-0.05, 0) is 0 Å². The van der Waals surface area contributed by atoms with Gasteiger partial charge >= 0.3 is 89.5 Å². The summed E-state index contributed by atoms with van der Waals surface area (Å²) in [5, 5.41) is 0. The van der Waals surface area contributed by atoms with Crippen molar-refractivity contribution in [3.05, 3.63) is 0 Å². The van der Waals surface area contributed by atoms with Gasteiger partial charge in [0.2, 0.25) is 0 Å². The van der Waals surface area contributed by atoms with E-state index in [1.807, 2.05) is 0 Å². The van der Waals surface area contributed by atoms with Crippen LogP contribution in [0.4, 0.5) is 0 Å². The summed E-state index contributed by atoms with van der Waals surface area (Å²) in [5.74, 6) is 0. The minimum atomic E-state index is 0. The third kappa shape index (κ3) is 111. The van der Waals surface area contributed by atoms with Crippen molar-refractivity contribution in [1.82, 2.24) is 0 Å². The van der Waals surface area contributed by atoms with Crippen molar-refractivity contribution in [2.24, 2.45) is 0 Å². The minimum Gasteiger partial charge on any atom is -2.00 e. The summed E-state index contributed by atoms with van der Waals surface area (Å²) in [4.78, 5) is 0. The summed E-state index contributed by atoms with van der Waals surface area (Å²) in [5.41, 5.74) is 0. The van der Waals surface area contributed by atoms with E-state index in [0.717, 1.165) is 0 Å². The number of rotatable bonds is 0. The molecule has 9 heteroatoms. The molecule has 0 rings (SSSR count). The van der Waals surface area contributed by atoms with Crippen molar-refractivity contribution in [3.63, 3.8) is 0 Å². The SMILES string of the molecule is [Fe+3].[Fe+3].[Hg+2].[Hg+2].[O-2].[O-2].[O-2].[O-2].[O-2]. The molecule has 5 nitrogen and oxygen atoms in total. The van der Waals surface area contributed by atoms with Crippen LogP contribution in [0.25, 0.3) is 0 Å². The van der Waals surface area contributed by atoms with Crippen molar-refractivity contribution < 1.29 is 117 Å². The Morgan fingerprint density at radius 2 is 0.333 bits per heavy atom.